The normalized spacial score (nSPS) is 26.1. The van der Waals surface area contributed by atoms with Crippen LogP contribution in [0.25, 0.3) is 0 Å². The second-order valence-electron chi connectivity index (χ2n) is 4.35. The summed E-state index contributed by atoms with van der Waals surface area (Å²) in [5.74, 6) is -0.676. The molecule has 20 heavy (non-hydrogen) atoms. The van der Waals surface area contributed by atoms with E-state index < -0.39 is 6.29 Å². The average molecular weight is 353 g/mol. The Balaban J connectivity index is 2.50. The average Bonchev–Trinajstić information content (AvgIpc) is 2.38. The molecule has 0 aromatic carbocycles. The molecule has 7 heteroatoms. The second kappa shape index (κ2) is 9.31. The molecule has 3 atom stereocenters. The van der Waals surface area contributed by atoms with Gasteiger partial charge in [-0.25, -0.2) is 0 Å². The van der Waals surface area contributed by atoms with E-state index in [9.17, 15) is 9.59 Å². The molecule has 6 nitrogen and oxygen atoms in total. The maximum atomic E-state index is 11.5. The number of hydrogen-bond donors (Lipinski definition) is 0. The van der Waals surface area contributed by atoms with E-state index in [0.29, 0.717) is 25.0 Å². The molecule has 1 aliphatic heterocycles. The maximum absolute atomic E-state index is 11.5. The predicted octanol–water partition coefficient (Wildman–Crippen LogP) is 1.79. The summed E-state index contributed by atoms with van der Waals surface area (Å²) in [5.41, 5.74) is 0. The van der Waals surface area contributed by atoms with Gasteiger partial charge in [-0.2, -0.15) is 0 Å². The van der Waals surface area contributed by atoms with Crippen LogP contribution in [0.2, 0.25) is 0 Å². The van der Waals surface area contributed by atoms with Crippen molar-refractivity contribution in [2.24, 2.45) is 0 Å². The number of halogens is 1. The van der Waals surface area contributed by atoms with Crippen molar-refractivity contribution in [3.8, 4) is 0 Å². The van der Waals surface area contributed by atoms with E-state index in [0.717, 1.165) is 0 Å². The van der Waals surface area contributed by atoms with Crippen molar-refractivity contribution < 1.29 is 28.5 Å². The Labute approximate surface area is 127 Å². The number of ether oxygens (including phenoxy) is 4. The fourth-order valence-corrected chi connectivity index (χ4v) is 2.37. The van der Waals surface area contributed by atoms with E-state index >= 15 is 0 Å². The van der Waals surface area contributed by atoms with Crippen molar-refractivity contribution >= 4 is 27.9 Å². The molecule has 0 aromatic heterocycles. The van der Waals surface area contributed by atoms with Gasteiger partial charge in [0.1, 0.15) is 0 Å². The van der Waals surface area contributed by atoms with Crippen molar-refractivity contribution in [3.05, 3.63) is 0 Å². The summed E-state index contributed by atoms with van der Waals surface area (Å²) >= 11 is 3.35. The summed E-state index contributed by atoms with van der Waals surface area (Å²) in [7, 11) is 0. The monoisotopic (exact) mass is 352 g/mol. The molecule has 1 heterocycles. The molecule has 0 aromatic rings. The van der Waals surface area contributed by atoms with Crippen molar-refractivity contribution in [2.75, 3.05) is 18.5 Å². The standard InChI is InChI=1S/C13H21BrO6/c1-3-17-11(15)6-9-5-10(8-14)20-13(19-9)7-12(16)18-4-2/h9-10,13H,3-8H2,1-2H3/t9-,10+,13?/m1/s1. The third-order valence-corrected chi connectivity index (χ3v) is 3.45. The van der Waals surface area contributed by atoms with E-state index in [2.05, 4.69) is 15.9 Å². The highest BCUT2D eigenvalue weighted by molar-refractivity contribution is 9.09. The SMILES string of the molecule is CCOC(=O)CC1O[C@H](CBr)C[C@H](CC(=O)OCC)O1. The van der Waals surface area contributed by atoms with Gasteiger partial charge < -0.3 is 18.9 Å². The maximum Gasteiger partial charge on any atom is 0.310 e. The summed E-state index contributed by atoms with van der Waals surface area (Å²) < 4.78 is 21.0. The van der Waals surface area contributed by atoms with Crippen LogP contribution in [-0.4, -0.2) is 49.0 Å². The lowest BCUT2D eigenvalue weighted by Crippen LogP contribution is -2.41. The molecule has 1 fully saturated rings. The van der Waals surface area contributed by atoms with Crippen LogP contribution in [0.1, 0.15) is 33.1 Å². The smallest absolute Gasteiger partial charge is 0.310 e. The largest absolute Gasteiger partial charge is 0.466 e. The molecule has 0 amide bonds. The first kappa shape index (κ1) is 17.4. The van der Waals surface area contributed by atoms with Gasteiger partial charge in [0.05, 0.1) is 38.3 Å². The summed E-state index contributed by atoms with van der Waals surface area (Å²) in [6, 6.07) is 0. The summed E-state index contributed by atoms with van der Waals surface area (Å²) in [6.45, 7) is 4.16. The topological polar surface area (TPSA) is 71.1 Å². The lowest BCUT2D eigenvalue weighted by Gasteiger charge is -2.34. The zero-order valence-electron chi connectivity index (χ0n) is 11.8. The molecule has 1 saturated heterocycles. The number of carbonyl (C=O) groups is 2. The summed E-state index contributed by atoms with van der Waals surface area (Å²) in [6.07, 6.45) is -0.294. The van der Waals surface area contributed by atoms with E-state index in [-0.39, 0.29) is 37.0 Å². The van der Waals surface area contributed by atoms with Gasteiger partial charge in [0.2, 0.25) is 0 Å². The van der Waals surface area contributed by atoms with Gasteiger partial charge in [0, 0.05) is 11.8 Å². The molecular weight excluding hydrogens is 332 g/mol. The van der Waals surface area contributed by atoms with Crippen LogP contribution in [0.3, 0.4) is 0 Å². The lowest BCUT2D eigenvalue weighted by molar-refractivity contribution is -0.242. The van der Waals surface area contributed by atoms with Crippen molar-refractivity contribution in [3.63, 3.8) is 0 Å². The second-order valence-corrected chi connectivity index (χ2v) is 5.00. The van der Waals surface area contributed by atoms with E-state index in [1.54, 1.807) is 13.8 Å². The first-order valence-electron chi connectivity index (χ1n) is 6.77. The van der Waals surface area contributed by atoms with Crippen LogP contribution in [0.4, 0.5) is 0 Å². The highest BCUT2D eigenvalue weighted by Crippen LogP contribution is 2.24. The molecule has 0 bridgehead atoms. The van der Waals surface area contributed by atoms with E-state index in [1.165, 1.54) is 0 Å². The Morgan fingerprint density at radius 1 is 1.05 bits per heavy atom. The number of alkyl halides is 1. The first-order chi connectivity index (χ1) is 9.58. The van der Waals surface area contributed by atoms with E-state index in [1.807, 2.05) is 0 Å². The number of hydrogen-bond acceptors (Lipinski definition) is 6. The van der Waals surface area contributed by atoms with Gasteiger partial charge >= 0.3 is 11.9 Å². The van der Waals surface area contributed by atoms with E-state index in [4.69, 9.17) is 18.9 Å². The molecule has 1 rings (SSSR count). The highest BCUT2D eigenvalue weighted by atomic mass is 79.9. The minimum Gasteiger partial charge on any atom is -0.466 e. The Morgan fingerprint density at radius 3 is 2.15 bits per heavy atom. The highest BCUT2D eigenvalue weighted by Gasteiger charge is 2.32. The Kier molecular flexibility index (Phi) is 8.09. The van der Waals surface area contributed by atoms with Crippen LogP contribution in [0, 0.1) is 0 Å². The van der Waals surface area contributed by atoms with Crippen molar-refractivity contribution in [2.45, 2.75) is 51.6 Å². The van der Waals surface area contributed by atoms with Crippen LogP contribution in [-0.2, 0) is 28.5 Å². The van der Waals surface area contributed by atoms with Gasteiger partial charge in [-0.05, 0) is 13.8 Å². The molecule has 0 radical (unpaired) electrons. The molecule has 0 N–H and O–H groups in total. The van der Waals surface area contributed by atoms with Gasteiger partial charge in [0.15, 0.2) is 6.29 Å². The zero-order chi connectivity index (χ0) is 15.0. The number of rotatable bonds is 7. The first-order valence-corrected chi connectivity index (χ1v) is 7.89. The third-order valence-electron chi connectivity index (χ3n) is 2.72. The van der Waals surface area contributed by atoms with Crippen LogP contribution in [0.5, 0.6) is 0 Å². The quantitative estimate of drug-likeness (QED) is 0.513. The molecule has 0 aliphatic carbocycles. The van der Waals surface area contributed by atoms with Crippen LogP contribution < -0.4 is 0 Å². The predicted molar refractivity (Wildman–Crippen MR) is 74.4 cm³/mol. The minimum atomic E-state index is -0.676. The summed E-state index contributed by atoms with van der Waals surface area (Å²) in [5, 5.41) is 0.620. The van der Waals surface area contributed by atoms with Gasteiger partial charge in [-0.3, -0.25) is 9.59 Å². The van der Waals surface area contributed by atoms with Gasteiger partial charge in [0.25, 0.3) is 0 Å². The molecule has 1 unspecified atom stereocenters. The Morgan fingerprint density at radius 2 is 1.60 bits per heavy atom. The van der Waals surface area contributed by atoms with Crippen molar-refractivity contribution in [1.82, 2.24) is 0 Å². The Hall–Kier alpha value is -0.660. The fraction of sp³-hybridized carbons (Fsp3) is 0.846. The summed E-state index contributed by atoms with van der Waals surface area (Å²) in [4.78, 5) is 22.9. The molecular formula is C13H21BrO6. The molecule has 1 aliphatic rings. The number of esters is 2. The lowest BCUT2D eigenvalue weighted by atomic mass is 10.1. The minimum absolute atomic E-state index is 0.0245. The fourth-order valence-electron chi connectivity index (χ4n) is 1.95. The van der Waals surface area contributed by atoms with Gasteiger partial charge in [-0.1, -0.05) is 15.9 Å². The van der Waals surface area contributed by atoms with Crippen LogP contribution in [0.15, 0.2) is 0 Å². The number of carbonyl (C=O) groups excluding carboxylic acids is 2. The third kappa shape index (κ3) is 6.19. The molecule has 0 spiro atoms. The van der Waals surface area contributed by atoms with Gasteiger partial charge in [-0.15, -0.1) is 0 Å². The molecule has 116 valence electrons. The Bertz CT molecular complexity index is 294. The van der Waals surface area contributed by atoms with Crippen LogP contribution >= 0.6 is 15.9 Å². The molecule has 0 saturated carbocycles. The zero-order valence-corrected chi connectivity index (χ0v) is 13.4. The van der Waals surface area contributed by atoms with Crippen molar-refractivity contribution in [1.29, 1.82) is 0 Å².